The maximum atomic E-state index is 6.69. The standard InChI is InChI=1S/C8H13B2N4/c1-6(2)14-5-4-8(11-7(14)3)12-10-13-9/h4-6,9H,3H2,1-2H3,(H,11,12)/i9D. The van der Waals surface area contributed by atoms with Gasteiger partial charge in [-0.25, -0.2) is 0 Å². The number of nitrogens with one attached hydrogen (secondary N) is 1. The summed E-state index contributed by atoms with van der Waals surface area (Å²) in [6.45, 7) is 8.05. The van der Waals surface area contributed by atoms with Gasteiger partial charge in [0.05, 0.1) is 0 Å². The van der Waals surface area contributed by atoms with E-state index in [0.29, 0.717) is 11.9 Å². The van der Waals surface area contributed by atoms with E-state index in [0.717, 1.165) is 13.8 Å². The van der Waals surface area contributed by atoms with E-state index in [4.69, 9.17) is 1.34 Å². The van der Waals surface area contributed by atoms with Crippen LogP contribution in [0.25, 0.3) is 0 Å². The van der Waals surface area contributed by atoms with Crippen LogP contribution in [0.3, 0.4) is 0 Å². The Kier molecular flexibility index (Phi) is 3.16. The van der Waals surface area contributed by atoms with Crippen LogP contribution in [0, 0.1) is 0 Å². The van der Waals surface area contributed by atoms with Gasteiger partial charge in [0.1, 0.15) is 0 Å². The predicted molar refractivity (Wildman–Crippen MR) is 61.2 cm³/mol. The third-order valence-electron chi connectivity index (χ3n) is 1.80. The third-order valence-corrected chi connectivity index (χ3v) is 1.80. The van der Waals surface area contributed by atoms with Gasteiger partial charge in [-0.2, -0.15) is 0 Å². The fraction of sp³-hybridized carbons (Fsp3) is 0.375. The summed E-state index contributed by atoms with van der Waals surface area (Å²) in [4.78, 5) is 9.57. The van der Waals surface area contributed by atoms with Crippen molar-refractivity contribution in [3.8, 4) is 0 Å². The summed E-state index contributed by atoms with van der Waals surface area (Å²) in [5.74, 6) is 1.46. The quantitative estimate of drug-likeness (QED) is 0.646. The zero-order chi connectivity index (χ0) is 11.3. The minimum atomic E-state index is 0.359. The van der Waals surface area contributed by atoms with Crippen LogP contribution in [0.5, 0.6) is 0 Å². The van der Waals surface area contributed by atoms with Gasteiger partial charge >= 0.3 is 86.8 Å². The first-order valence-electron chi connectivity index (χ1n) is 4.95. The van der Waals surface area contributed by atoms with Crippen LogP contribution in [0.1, 0.15) is 13.8 Å². The van der Waals surface area contributed by atoms with Gasteiger partial charge in [-0.1, -0.05) is 0 Å². The number of amidine groups is 1. The van der Waals surface area contributed by atoms with Crippen molar-refractivity contribution in [2.75, 3.05) is 0 Å². The molecule has 6 heteroatoms. The molecule has 0 amide bonds. The Bertz CT molecular complexity index is 325. The number of hydrogen-bond acceptors (Lipinski definition) is 2. The van der Waals surface area contributed by atoms with Crippen LogP contribution < -0.4 is 5.32 Å². The van der Waals surface area contributed by atoms with Crippen LogP contribution in [0.4, 0.5) is 0 Å². The molecular weight excluding hydrogens is 174 g/mol. The number of nitrogens with zero attached hydrogens (tertiary/aromatic N) is 3. The van der Waals surface area contributed by atoms with Crippen LogP contribution in [-0.4, -0.2) is 33.3 Å². The number of rotatable bonds is 3. The summed E-state index contributed by atoms with van der Waals surface area (Å²) in [6, 6.07) is 0.359. The van der Waals surface area contributed by atoms with Crippen LogP contribution in [0.15, 0.2) is 34.4 Å². The van der Waals surface area contributed by atoms with E-state index in [1.807, 2.05) is 17.2 Å². The second-order valence-electron chi connectivity index (χ2n) is 3.17. The fourth-order valence-corrected chi connectivity index (χ4v) is 1.15. The molecule has 1 aliphatic heterocycles. The van der Waals surface area contributed by atoms with Gasteiger partial charge in [0, 0.05) is 0 Å². The van der Waals surface area contributed by atoms with Crippen molar-refractivity contribution >= 4 is 21.0 Å². The molecule has 0 atom stereocenters. The van der Waals surface area contributed by atoms with Gasteiger partial charge < -0.3 is 0 Å². The molecule has 0 aromatic rings. The van der Waals surface area contributed by atoms with Gasteiger partial charge in [-0.05, 0) is 0 Å². The maximum absolute atomic E-state index is 6.69. The van der Waals surface area contributed by atoms with E-state index in [-0.39, 0.29) is 0 Å². The van der Waals surface area contributed by atoms with Gasteiger partial charge in [0.2, 0.25) is 0 Å². The van der Waals surface area contributed by atoms with Crippen LogP contribution >= 0.6 is 0 Å². The molecule has 0 fully saturated rings. The molecule has 0 unspecified atom stereocenters. The normalized spacial score (nSPS) is 19.9. The van der Waals surface area contributed by atoms with E-state index < -0.39 is 0 Å². The van der Waals surface area contributed by atoms with Crippen molar-refractivity contribution in [2.24, 2.45) is 9.71 Å². The van der Waals surface area contributed by atoms with E-state index in [9.17, 15) is 0 Å². The zero-order valence-electron chi connectivity index (χ0n) is 9.44. The molecule has 4 nitrogen and oxygen atoms in total. The Morgan fingerprint density at radius 3 is 3.14 bits per heavy atom. The van der Waals surface area contributed by atoms with Crippen molar-refractivity contribution < 1.29 is 0 Å². The third kappa shape index (κ3) is 2.58. The first-order valence-corrected chi connectivity index (χ1v) is 4.37. The van der Waals surface area contributed by atoms with E-state index in [2.05, 4.69) is 35.5 Å². The minimum absolute atomic E-state index is 0.359. The molecule has 0 bridgehead atoms. The predicted octanol–water partition coefficient (Wildman–Crippen LogP) is 0.302. The molecule has 0 saturated carbocycles. The summed E-state index contributed by atoms with van der Waals surface area (Å²) < 4.78 is 6.69. The van der Waals surface area contributed by atoms with Gasteiger partial charge in [-0.15, -0.1) is 0 Å². The molecule has 71 valence electrons. The topological polar surface area (TPSA) is 40.0 Å². The fourth-order valence-electron chi connectivity index (χ4n) is 1.15. The summed E-state index contributed by atoms with van der Waals surface area (Å²) in [5, 5.41) is 3.03. The average molecular weight is 188 g/mol. The summed E-state index contributed by atoms with van der Waals surface area (Å²) in [7, 11) is 2.25. The van der Waals surface area contributed by atoms with Crippen LogP contribution in [0.2, 0.25) is 0 Å². The van der Waals surface area contributed by atoms with E-state index >= 15 is 0 Å². The van der Waals surface area contributed by atoms with E-state index in [1.54, 1.807) is 0 Å². The monoisotopic (exact) mass is 188 g/mol. The Labute approximate surface area is 87.6 Å². The molecule has 0 aromatic heterocycles. The molecule has 1 N–H and O–H groups in total. The van der Waals surface area contributed by atoms with Gasteiger partial charge in [0.25, 0.3) is 0 Å². The average Bonchev–Trinajstić information content (AvgIpc) is 2.17. The molecule has 1 radical (unpaired) electrons. The molecule has 1 heterocycles. The van der Waals surface area contributed by atoms with Crippen molar-refractivity contribution in [3.05, 3.63) is 24.7 Å². The summed E-state index contributed by atoms with van der Waals surface area (Å²) in [5.41, 5.74) is 0. The van der Waals surface area contributed by atoms with Gasteiger partial charge in [0.15, 0.2) is 0 Å². The molecule has 0 spiro atoms. The van der Waals surface area contributed by atoms with Crippen molar-refractivity contribution in [1.29, 1.82) is 1.34 Å². The molecule has 1 rings (SSSR count). The SMILES string of the molecule is [2H][B]N=BN=C1C=CN(C(C)C)C(=C)N1. The zero-order valence-corrected chi connectivity index (χ0v) is 8.44. The summed E-state index contributed by atoms with van der Waals surface area (Å²) in [6.07, 6.45) is 3.76. The van der Waals surface area contributed by atoms with Crippen molar-refractivity contribution in [2.45, 2.75) is 19.9 Å². The first kappa shape index (κ1) is 9.24. The first-order chi connectivity index (χ1) is 7.15. The van der Waals surface area contributed by atoms with Gasteiger partial charge in [-0.3, -0.25) is 0 Å². The molecular formula is C8H13B2N4. The number of hydrogen-bond donors (Lipinski definition) is 1. The molecule has 14 heavy (non-hydrogen) atoms. The Balaban J connectivity index is 2.70. The second-order valence-corrected chi connectivity index (χ2v) is 3.17. The molecule has 0 aliphatic carbocycles. The second kappa shape index (κ2) is 4.79. The summed E-state index contributed by atoms with van der Waals surface area (Å²) >= 11 is 0. The Hall–Kier alpha value is -1.32. The molecule has 0 saturated heterocycles. The van der Waals surface area contributed by atoms with Crippen molar-refractivity contribution in [1.82, 2.24) is 10.2 Å². The Morgan fingerprint density at radius 1 is 1.79 bits per heavy atom. The van der Waals surface area contributed by atoms with E-state index in [1.165, 1.54) is 7.21 Å². The van der Waals surface area contributed by atoms with Crippen molar-refractivity contribution in [3.63, 3.8) is 0 Å². The molecule has 1 aliphatic rings. The Morgan fingerprint density at radius 2 is 2.57 bits per heavy atom. The molecule has 0 aromatic carbocycles. The van der Waals surface area contributed by atoms with Crippen LogP contribution in [-0.2, 0) is 0 Å².